The van der Waals surface area contributed by atoms with Gasteiger partial charge in [-0.2, -0.15) is 0 Å². The van der Waals surface area contributed by atoms with Crippen LogP contribution in [0, 0.1) is 0 Å². The van der Waals surface area contributed by atoms with Crippen molar-refractivity contribution in [3.8, 4) is 0 Å². The predicted octanol–water partition coefficient (Wildman–Crippen LogP) is 0.684. The van der Waals surface area contributed by atoms with Gasteiger partial charge in [0.1, 0.15) is 0 Å². The molecule has 2 aromatic rings. The van der Waals surface area contributed by atoms with Gasteiger partial charge in [-0.25, -0.2) is 4.68 Å². The molecular weight excluding hydrogens is 306 g/mol. The summed E-state index contributed by atoms with van der Waals surface area (Å²) in [4.78, 5) is 21.3. The lowest BCUT2D eigenvalue weighted by Gasteiger charge is -2.37. The maximum atomic E-state index is 13.0. The number of anilines is 1. The van der Waals surface area contributed by atoms with E-state index in [0.29, 0.717) is 0 Å². The Balaban J connectivity index is 1.44. The molecule has 1 fully saturated rings. The molecule has 4 rings (SSSR count). The molecule has 2 aliphatic heterocycles. The van der Waals surface area contributed by atoms with E-state index in [1.54, 1.807) is 17.1 Å². The summed E-state index contributed by atoms with van der Waals surface area (Å²) in [7, 11) is 0. The van der Waals surface area contributed by atoms with Crippen LogP contribution < -0.4 is 4.90 Å². The second-order valence-electron chi connectivity index (χ2n) is 6.33. The van der Waals surface area contributed by atoms with Gasteiger partial charge in [0.25, 0.3) is 0 Å². The van der Waals surface area contributed by atoms with Crippen molar-refractivity contribution in [2.45, 2.75) is 31.7 Å². The Hall–Kier alpha value is -2.51. The van der Waals surface area contributed by atoms with Gasteiger partial charge in [0.15, 0.2) is 5.82 Å². The van der Waals surface area contributed by atoms with Crippen LogP contribution in [0.2, 0.25) is 0 Å². The van der Waals surface area contributed by atoms with E-state index in [9.17, 15) is 4.79 Å². The van der Waals surface area contributed by atoms with Crippen molar-refractivity contribution in [2.75, 3.05) is 31.1 Å². The minimum Gasteiger partial charge on any atom is -0.368 e. The molecule has 8 heteroatoms. The fourth-order valence-corrected chi connectivity index (χ4v) is 3.55. The minimum absolute atomic E-state index is 0.169. The van der Waals surface area contributed by atoms with Crippen molar-refractivity contribution in [3.63, 3.8) is 0 Å². The molecule has 0 bridgehead atoms. The number of carbonyl (C=O) groups excluding carboxylic acids is 1. The number of aromatic nitrogens is 5. The van der Waals surface area contributed by atoms with Gasteiger partial charge in [-0.05, 0) is 35.4 Å². The summed E-state index contributed by atoms with van der Waals surface area (Å²) >= 11 is 0. The summed E-state index contributed by atoms with van der Waals surface area (Å²) in [6.45, 7) is 3.96. The summed E-state index contributed by atoms with van der Waals surface area (Å²) in [5.74, 6) is 0.700. The number of pyridine rings is 1. The van der Waals surface area contributed by atoms with Crippen LogP contribution in [-0.4, -0.2) is 62.2 Å². The van der Waals surface area contributed by atoms with Crippen LogP contribution in [0.1, 0.15) is 31.0 Å². The fourth-order valence-electron chi connectivity index (χ4n) is 3.55. The molecule has 0 spiro atoms. The zero-order valence-electron chi connectivity index (χ0n) is 13.6. The van der Waals surface area contributed by atoms with Gasteiger partial charge in [0, 0.05) is 50.8 Å². The van der Waals surface area contributed by atoms with Crippen molar-refractivity contribution in [3.05, 3.63) is 30.4 Å². The molecule has 0 radical (unpaired) electrons. The monoisotopic (exact) mass is 327 g/mol. The highest BCUT2D eigenvalue weighted by molar-refractivity contribution is 5.83. The lowest BCUT2D eigenvalue weighted by molar-refractivity contribution is -0.133. The summed E-state index contributed by atoms with van der Waals surface area (Å²) in [6, 6.07) is 4.02. The van der Waals surface area contributed by atoms with Crippen LogP contribution >= 0.6 is 0 Å². The molecule has 4 heterocycles. The van der Waals surface area contributed by atoms with E-state index in [2.05, 4.69) is 25.4 Å². The number of fused-ring (bicyclic) bond motifs is 1. The second-order valence-corrected chi connectivity index (χ2v) is 6.33. The normalized spacial score (nSPS) is 21.2. The Bertz CT molecular complexity index is 693. The number of rotatable bonds is 2. The van der Waals surface area contributed by atoms with E-state index in [-0.39, 0.29) is 11.8 Å². The van der Waals surface area contributed by atoms with Crippen molar-refractivity contribution in [1.29, 1.82) is 0 Å². The summed E-state index contributed by atoms with van der Waals surface area (Å²) in [5, 5.41) is 11.9. The second kappa shape index (κ2) is 6.54. The standard InChI is InChI=1S/C16H21N7O/c24-16(14-3-1-2-8-23-15(14)18-19-20-23)22-11-9-21(10-12-22)13-4-6-17-7-5-13/h4-7,14H,1-3,8-12H2/t14-/m1/s1. The summed E-state index contributed by atoms with van der Waals surface area (Å²) in [5.41, 5.74) is 1.16. The fraction of sp³-hybridized carbons (Fsp3) is 0.562. The van der Waals surface area contributed by atoms with E-state index >= 15 is 0 Å². The van der Waals surface area contributed by atoms with Crippen molar-refractivity contribution in [2.24, 2.45) is 0 Å². The molecule has 0 N–H and O–H groups in total. The molecule has 1 saturated heterocycles. The zero-order valence-corrected chi connectivity index (χ0v) is 13.6. The van der Waals surface area contributed by atoms with E-state index < -0.39 is 0 Å². The molecule has 1 atom stereocenters. The first kappa shape index (κ1) is 15.0. The van der Waals surface area contributed by atoms with Crippen LogP contribution in [0.5, 0.6) is 0 Å². The molecule has 126 valence electrons. The van der Waals surface area contributed by atoms with Crippen LogP contribution in [0.4, 0.5) is 5.69 Å². The van der Waals surface area contributed by atoms with E-state index in [4.69, 9.17) is 0 Å². The average Bonchev–Trinajstić information content (AvgIpc) is 3.01. The Morgan fingerprint density at radius 2 is 1.83 bits per heavy atom. The number of nitrogens with zero attached hydrogens (tertiary/aromatic N) is 7. The molecule has 2 aliphatic rings. The number of piperazine rings is 1. The molecule has 2 aromatic heterocycles. The number of hydrogen-bond acceptors (Lipinski definition) is 6. The minimum atomic E-state index is -0.199. The van der Waals surface area contributed by atoms with Crippen LogP contribution in [0.3, 0.4) is 0 Å². The number of carbonyl (C=O) groups is 1. The lowest BCUT2D eigenvalue weighted by atomic mass is 10.0. The molecule has 1 amide bonds. The maximum absolute atomic E-state index is 13.0. The Morgan fingerprint density at radius 3 is 2.62 bits per heavy atom. The Kier molecular flexibility index (Phi) is 4.10. The zero-order chi connectivity index (χ0) is 16.4. The predicted molar refractivity (Wildman–Crippen MR) is 87.4 cm³/mol. The first-order valence-electron chi connectivity index (χ1n) is 8.53. The smallest absolute Gasteiger partial charge is 0.233 e. The molecule has 24 heavy (non-hydrogen) atoms. The SMILES string of the molecule is O=C([C@@H]1CCCCn2nnnc21)N1CCN(c2ccncc2)CC1. The van der Waals surface area contributed by atoms with Crippen LogP contribution in [0.25, 0.3) is 0 Å². The molecule has 0 saturated carbocycles. The van der Waals surface area contributed by atoms with Crippen LogP contribution in [-0.2, 0) is 11.3 Å². The molecule has 0 unspecified atom stereocenters. The third-order valence-corrected chi connectivity index (χ3v) is 4.90. The maximum Gasteiger partial charge on any atom is 0.233 e. The van der Waals surface area contributed by atoms with Gasteiger partial charge in [-0.1, -0.05) is 6.42 Å². The summed E-state index contributed by atoms with van der Waals surface area (Å²) < 4.78 is 1.79. The highest BCUT2D eigenvalue weighted by Crippen LogP contribution is 2.27. The molecule has 0 aromatic carbocycles. The van der Waals surface area contributed by atoms with E-state index in [1.807, 2.05) is 17.0 Å². The van der Waals surface area contributed by atoms with Gasteiger partial charge in [0.05, 0.1) is 5.92 Å². The number of tetrazole rings is 1. The quantitative estimate of drug-likeness (QED) is 0.807. The first-order valence-corrected chi connectivity index (χ1v) is 8.53. The third kappa shape index (κ3) is 2.83. The van der Waals surface area contributed by atoms with E-state index in [1.165, 1.54) is 0 Å². The van der Waals surface area contributed by atoms with E-state index in [0.717, 1.165) is 63.5 Å². The topological polar surface area (TPSA) is 80.0 Å². The highest BCUT2D eigenvalue weighted by Gasteiger charge is 2.33. The Labute approximate surface area is 140 Å². The van der Waals surface area contributed by atoms with Crippen LogP contribution in [0.15, 0.2) is 24.5 Å². The largest absolute Gasteiger partial charge is 0.368 e. The molecule has 0 aliphatic carbocycles. The number of amides is 1. The first-order chi connectivity index (χ1) is 11.8. The summed E-state index contributed by atoms with van der Waals surface area (Å²) in [6.07, 6.45) is 6.50. The van der Waals surface area contributed by atoms with Gasteiger partial charge in [-0.3, -0.25) is 9.78 Å². The Morgan fingerprint density at radius 1 is 1.04 bits per heavy atom. The van der Waals surface area contributed by atoms with Gasteiger partial charge in [-0.15, -0.1) is 5.10 Å². The van der Waals surface area contributed by atoms with Crippen molar-refractivity contribution < 1.29 is 4.79 Å². The number of aryl methyl sites for hydroxylation is 1. The van der Waals surface area contributed by atoms with Gasteiger partial charge < -0.3 is 9.80 Å². The highest BCUT2D eigenvalue weighted by atomic mass is 16.2. The average molecular weight is 327 g/mol. The van der Waals surface area contributed by atoms with Gasteiger partial charge >= 0.3 is 0 Å². The molecular formula is C16H21N7O. The van der Waals surface area contributed by atoms with Gasteiger partial charge in [0.2, 0.25) is 5.91 Å². The lowest BCUT2D eigenvalue weighted by Crippen LogP contribution is -2.50. The van der Waals surface area contributed by atoms with Crippen molar-refractivity contribution >= 4 is 11.6 Å². The van der Waals surface area contributed by atoms with Crippen molar-refractivity contribution in [1.82, 2.24) is 30.1 Å². The number of hydrogen-bond donors (Lipinski definition) is 0. The third-order valence-electron chi connectivity index (χ3n) is 4.90. The molecule has 8 nitrogen and oxygen atoms in total.